The molecule has 1 aliphatic heterocycles. The zero-order valence-electron chi connectivity index (χ0n) is 10.3. The largest absolute Gasteiger partial charge is 0.479 e. The third-order valence-electron chi connectivity index (χ3n) is 2.76. The Hall–Kier alpha value is -2.08. The van der Waals surface area contributed by atoms with Crippen molar-refractivity contribution >= 4 is 12.1 Å². The van der Waals surface area contributed by atoms with Gasteiger partial charge in [0.25, 0.3) is 0 Å². The summed E-state index contributed by atoms with van der Waals surface area (Å²) in [5.41, 5.74) is 0. The molecule has 0 unspecified atom stereocenters. The van der Waals surface area contributed by atoms with Crippen LogP contribution in [0.1, 0.15) is 6.42 Å². The first kappa shape index (κ1) is 13.4. The van der Waals surface area contributed by atoms with Crippen LogP contribution in [0.15, 0.2) is 30.3 Å². The fourth-order valence-electron chi connectivity index (χ4n) is 1.79. The normalized spacial score (nSPS) is 19.6. The summed E-state index contributed by atoms with van der Waals surface area (Å²) in [4.78, 5) is 24.2. The van der Waals surface area contributed by atoms with Gasteiger partial charge in [0, 0.05) is 13.2 Å². The molecule has 1 N–H and O–H groups in total. The summed E-state index contributed by atoms with van der Waals surface area (Å²) in [6.45, 7) is 0.753. The molecule has 0 spiro atoms. The number of hydrogen-bond donors (Lipinski definition) is 1. The van der Waals surface area contributed by atoms with E-state index in [-0.39, 0.29) is 6.54 Å². The van der Waals surface area contributed by atoms with Gasteiger partial charge in [0.15, 0.2) is 6.10 Å². The summed E-state index contributed by atoms with van der Waals surface area (Å²) in [6.07, 6.45) is -0.956. The van der Waals surface area contributed by atoms with Crippen LogP contribution >= 0.6 is 0 Å². The number of rotatable bonds is 2. The van der Waals surface area contributed by atoms with E-state index in [0.717, 1.165) is 0 Å². The summed E-state index contributed by atoms with van der Waals surface area (Å²) in [5, 5.41) is 8.95. The summed E-state index contributed by atoms with van der Waals surface area (Å²) < 4.78 is 10.3. The molecule has 19 heavy (non-hydrogen) atoms. The van der Waals surface area contributed by atoms with E-state index in [1.807, 2.05) is 6.07 Å². The predicted octanol–water partition coefficient (Wildman–Crippen LogP) is 1.36. The van der Waals surface area contributed by atoms with E-state index >= 15 is 0 Å². The van der Waals surface area contributed by atoms with Gasteiger partial charge in [-0.15, -0.1) is 0 Å². The first-order valence-electron chi connectivity index (χ1n) is 6.03. The molecule has 2 rings (SSSR count). The quantitative estimate of drug-likeness (QED) is 0.873. The number of hydrogen-bond acceptors (Lipinski definition) is 4. The average molecular weight is 265 g/mol. The maximum absolute atomic E-state index is 11.9. The number of carboxylic acid groups (broad SMARTS) is 1. The van der Waals surface area contributed by atoms with Gasteiger partial charge in [-0.05, 0) is 18.6 Å². The molecule has 6 heteroatoms. The number of carbonyl (C=O) groups excluding carboxylic acids is 1. The van der Waals surface area contributed by atoms with E-state index < -0.39 is 18.2 Å². The van der Waals surface area contributed by atoms with E-state index in [1.165, 1.54) is 4.90 Å². The van der Waals surface area contributed by atoms with E-state index in [4.69, 9.17) is 14.6 Å². The first-order chi connectivity index (χ1) is 9.16. The van der Waals surface area contributed by atoms with Crippen LogP contribution in [0.3, 0.4) is 0 Å². The van der Waals surface area contributed by atoms with Crippen molar-refractivity contribution < 1.29 is 24.2 Å². The van der Waals surface area contributed by atoms with Crippen LogP contribution in [-0.2, 0) is 9.53 Å². The van der Waals surface area contributed by atoms with Crippen LogP contribution in [0, 0.1) is 0 Å². The maximum atomic E-state index is 11.9. The topological polar surface area (TPSA) is 76.1 Å². The van der Waals surface area contributed by atoms with Crippen LogP contribution in [0.2, 0.25) is 0 Å². The highest BCUT2D eigenvalue weighted by Gasteiger charge is 2.28. The molecule has 0 aromatic heterocycles. The molecule has 0 radical (unpaired) electrons. The predicted molar refractivity (Wildman–Crippen MR) is 66.0 cm³/mol. The van der Waals surface area contributed by atoms with Crippen LogP contribution < -0.4 is 4.74 Å². The number of nitrogens with zero attached hydrogens (tertiary/aromatic N) is 1. The van der Waals surface area contributed by atoms with Gasteiger partial charge < -0.3 is 19.5 Å². The van der Waals surface area contributed by atoms with E-state index in [9.17, 15) is 9.59 Å². The van der Waals surface area contributed by atoms with E-state index in [2.05, 4.69) is 0 Å². The van der Waals surface area contributed by atoms with Gasteiger partial charge in [-0.3, -0.25) is 0 Å². The lowest BCUT2D eigenvalue weighted by Gasteiger charge is -2.21. The van der Waals surface area contributed by atoms with Crippen LogP contribution in [0.25, 0.3) is 0 Å². The molecular weight excluding hydrogens is 250 g/mol. The lowest BCUT2D eigenvalue weighted by Crippen LogP contribution is -2.41. The Balaban J connectivity index is 1.99. The first-order valence-corrected chi connectivity index (χ1v) is 6.03. The van der Waals surface area contributed by atoms with Gasteiger partial charge in [-0.2, -0.15) is 0 Å². The van der Waals surface area contributed by atoms with Crippen molar-refractivity contribution in [2.45, 2.75) is 12.5 Å². The highest BCUT2D eigenvalue weighted by molar-refractivity contribution is 5.75. The third kappa shape index (κ3) is 3.69. The van der Waals surface area contributed by atoms with Crippen molar-refractivity contribution in [2.24, 2.45) is 0 Å². The minimum atomic E-state index is -1.07. The number of benzene rings is 1. The van der Waals surface area contributed by atoms with Crippen molar-refractivity contribution in [1.29, 1.82) is 0 Å². The highest BCUT2D eigenvalue weighted by atomic mass is 16.6. The molecule has 0 aliphatic carbocycles. The molecule has 0 bridgehead atoms. The second-order valence-electron chi connectivity index (χ2n) is 4.18. The number of ether oxygens (including phenoxy) is 2. The van der Waals surface area contributed by atoms with Crippen molar-refractivity contribution in [3.63, 3.8) is 0 Å². The molecular formula is C13H15NO5. The smallest absolute Gasteiger partial charge is 0.415 e. The van der Waals surface area contributed by atoms with Crippen molar-refractivity contribution in [3.05, 3.63) is 30.3 Å². The third-order valence-corrected chi connectivity index (χ3v) is 2.76. The van der Waals surface area contributed by atoms with E-state index in [0.29, 0.717) is 25.3 Å². The second-order valence-corrected chi connectivity index (χ2v) is 4.18. The Morgan fingerprint density at radius 2 is 2.05 bits per heavy atom. The molecule has 1 aromatic rings. The number of carboxylic acids is 1. The number of para-hydroxylation sites is 1. The van der Waals surface area contributed by atoms with Gasteiger partial charge >= 0.3 is 12.1 Å². The molecule has 1 atom stereocenters. The Labute approximate surface area is 110 Å². The number of carbonyl (C=O) groups is 2. The maximum Gasteiger partial charge on any atom is 0.415 e. The van der Waals surface area contributed by atoms with Crippen LogP contribution in [0.5, 0.6) is 5.75 Å². The lowest BCUT2D eigenvalue weighted by atomic mass is 10.3. The zero-order valence-corrected chi connectivity index (χ0v) is 10.3. The minimum absolute atomic E-state index is 0.000992. The zero-order chi connectivity index (χ0) is 13.7. The van der Waals surface area contributed by atoms with Gasteiger partial charge in [0.05, 0.1) is 6.54 Å². The van der Waals surface area contributed by atoms with Crippen molar-refractivity contribution in [3.8, 4) is 5.75 Å². The Morgan fingerprint density at radius 3 is 2.74 bits per heavy atom. The van der Waals surface area contributed by atoms with Gasteiger partial charge in [0.2, 0.25) is 0 Å². The standard InChI is InChI=1S/C13H15NO5/c15-12(16)11-9-14(7-4-8-18-11)13(17)19-10-5-2-1-3-6-10/h1-3,5-6,11H,4,7-9H2,(H,15,16)/t11-/m1/s1. The molecule has 1 heterocycles. The Morgan fingerprint density at radius 1 is 1.32 bits per heavy atom. The molecule has 1 fully saturated rings. The SMILES string of the molecule is O=C(O)[C@H]1CN(C(=O)Oc2ccccc2)CCCO1. The van der Waals surface area contributed by atoms with Crippen molar-refractivity contribution in [2.75, 3.05) is 19.7 Å². The molecule has 102 valence electrons. The summed E-state index contributed by atoms with van der Waals surface area (Å²) in [5.74, 6) is -0.635. The fourth-order valence-corrected chi connectivity index (χ4v) is 1.79. The molecule has 1 aromatic carbocycles. The van der Waals surface area contributed by atoms with Crippen LogP contribution in [-0.4, -0.2) is 47.9 Å². The molecule has 6 nitrogen and oxygen atoms in total. The summed E-state index contributed by atoms with van der Waals surface area (Å²) in [6, 6.07) is 8.67. The monoisotopic (exact) mass is 265 g/mol. The van der Waals surface area contributed by atoms with Gasteiger partial charge in [-0.25, -0.2) is 9.59 Å². The minimum Gasteiger partial charge on any atom is -0.479 e. The average Bonchev–Trinajstić information content (AvgIpc) is 2.65. The Bertz CT molecular complexity index is 448. The molecule has 1 aliphatic rings. The van der Waals surface area contributed by atoms with Crippen LogP contribution in [0.4, 0.5) is 4.79 Å². The fraction of sp³-hybridized carbons (Fsp3) is 0.385. The highest BCUT2D eigenvalue weighted by Crippen LogP contribution is 2.13. The number of aliphatic carboxylic acids is 1. The summed E-state index contributed by atoms with van der Waals surface area (Å²) in [7, 11) is 0. The lowest BCUT2D eigenvalue weighted by molar-refractivity contribution is -0.150. The van der Waals surface area contributed by atoms with Crippen molar-refractivity contribution in [1.82, 2.24) is 4.90 Å². The molecule has 0 saturated carbocycles. The molecule has 1 saturated heterocycles. The summed E-state index contributed by atoms with van der Waals surface area (Å²) >= 11 is 0. The van der Waals surface area contributed by atoms with Gasteiger partial charge in [-0.1, -0.05) is 18.2 Å². The second kappa shape index (κ2) is 6.19. The van der Waals surface area contributed by atoms with E-state index in [1.54, 1.807) is 24.3 Å². The van der Waals surface area contributed by atoms with Gasteiger partial charge in [0.1, 0.15) is 5.75 Å². The number of amides is 1. The molecule has 1 amide bonds. The Kier molecular flexibility index (Phi) is 4.35.